The first-order chi connectivity index (χ1) is 22.7. The van der Waals surface area contributed by atoms with Crippen molar-refractivity contribution in [1.29, 1.82) is 0 Å². The Morgan fingerprint density at radius 3 is 2.30 bits per heavy atom. The van der Waals surface area contributed by atoms with Gasteiger partial charge >= 0.3 is 6.18 Å². The number of benzene rings is 4. The van der Waals surface area contributed by atoms with E-state index in [1.807, 2.05) is 43.3 Å². The van der Waals surface area contributed by atoms with E-state index in [0.717, 1.165) is 16.7 Å². The molecule has 0 fully saturated rings. The number of para-hydroxylation sites is 2. The predicted octanol–water partition coefficient (Wildman–Crippen LogP) is 8.66. The van der Waals surface area contributed by atoms with Crippen LogP contribution in [0, 0.1) is 0 Å². The number of rotatable bonds is 10. The van der Waals surface area contributed by atoms with Crippen LogP contribution in [-0.2, 0) is 11.2 Å². The molecular formula is C37H30F3N3O4. The van der Waals surface area contributed by atoms with Crippen LogP contribution in [0.5, 0.6) is 23.1 Å². The number of alkyl halides is 3. The Labute approximate surface area is 269 Å². The van der Waals surface area contributed by atoms with Gasteiger partial charge in [-0.25, -0.2) is 4.98 Å². The molecular weight excluding hydrogens is 607 g/mol. The fourth-order valence-corrected chi connectivity index (χ4v) is 5.71. The fourth-order valence-electron chi connectivity index (χ4n) is 5.71. The van der Waals surface area contributed by atoms with Crippen LogP contribution in [0.15, 0.2) is 109 Å². The van der Waals surface area contributed by atoms with Crippen molar-refractivity contribution in [2.75, 3.05) is 11.9 Å². The van der Waals surface area contributed by atoms with Gasteiger partial charge in [-0.15, -0.1) is 0 Å². The number of nitrogens with zero attached hydrogens (tertiary/aromatic N) is 1. The molecule has 4 aromatic carbocycles. The minimum absolute atomic E-state index is 0.238. The van der Waals surface area contributed by atoms with Crippen LogP contribution in [0.2, 0.25) is 0 Å². The number of aromatic nitrogens is 1. The van der Waals surface area contributed by atoms with Gasteiger partial charge in [-0.1, -0.05) is 74.0 Å². The molecule has 0 saturated carbocycles. The molecule has 0 aliphatic heterocycles. The van der Waals surface area contributed by atoms with Gasteiger partial charge in [-0.3, -0.25) is 9.59 Å². The molecule has 1 atom stereocenters. The Kier molecular flexibility index (Phi) is 8.92. The molecule has 1 unspecified atom stereocenters. The molecule has 7 nitrogen and oxygen atoms in total. The van der Waals surface area contributed by atoms with Gasteiger partial charge in [-0.05, 0) is 70.6 Å². The molecule has 2 amide bonds. The number of carbonyl (C=O) groups excluding carboxylic acids is 2. The number of ether oxygens (including phenoxy) is 2. The van der Waals surface area contributed by atoms with Gasteiger partial charge in [0, 0.05) is 6.07 Å². The summed E-state index contributed by atoms with van der Waals surface area (Å²) in [5.41, 5.74) is 4.35. The maximum absolute atomic E-state index is 13.3. The smallest absolute Gasteiger partial charge is 0.405 e. The zero-order valence-electron chi connectivity index (χ0n) is 25.3. The Balaban J connectivity index is 1.23. The molecule has 6 rings (SSSR count). The third kappa shape index (κ3) is 6.96. The monoisotopic (exact) mass is 637 g/mol. The second-order valence-electron chi connectivity index (χ2n) is 11.0. The quantitative estimate of drug-likeness (QED) is 0.160. The van der Waals surface area contributed by atoms with Gasteiger partial charge in [0.25, 0.3) is 5.91 Å². The highest BCUT2D eigenvalue weighted by molar-refractivity contribution is 6.06. The number of halogens is 3. The first-order valence-electron chi connectivity index (χ1n) is 15.1. The molecule has 0 saturated heterocycles. The summed E-state index contributed by atoms with van der Waals surface area (Å²) < 4.78 is 51.2. The number of pyridine rings is 1. The summed E-state index contributed by atoms with van der Waals surface area (Å²) in [7, 11) is 0. The standard InChI is InChI=1S/C37H30F3N3O4/c1-2-10-28-31(19-18-27-25-13-6-7-14-26(25)34(33(27)28)36(45)42-22-37(38,39)40)47-32-20-17-23(21-41-32)43-35(44)29-15-8-9-16-30(29)46-24-11-4-3-5-12-24/h3-9,11-21,34H,2,10,22H2,1H3,(H,42,45)(H,43,44). The van der Waals surface area contributed by atoms with Crippen molar-refractivity contribution in [2.45, 2.75) is 31.9 Å². The molecule has 5 aromatic rings. The van der Waals surface area contributed by atoms with Gasteiger partial charge in [-0.2, -0.15) is 13.2 Å². The van der Waals surface area contributed by atoms with E-state index in [1.54, 1.807) is 66.7 Å². The van der Waals surface area contributed by atoms with Crippen LogP contribution in [0.25, 0.3) is 11.1 Å². The van der Waals surface area contributed by atoms with E-state index in [4.69, 9.17) is 9.47 Å². The molecule has 0 spiro atoms. The normalized spacial score (nSPS) is 13.3. The van der Waals surface area contributed by atoms with Crippen molar-refractivity contribution in [2.24, 2.45) is 0 Å². The minimum atomic E-state index is -4.54. The van der Waals surface area contributed by atoms with Crippen LogP contribution < -0.4 is 20.1 Å². The lowest BCUT2D eigenvalue weighted by Gasteiger charge is -2.20. The number of hydrogen-bond acceptors (Lipinski definition) is 5. The summed E-state index contributed by atoms with van der Waals surface area (Å²) in [5, 5.41) is 4.90. The van der Waals surface area contributed by atoms with E-state index in [9.17, 15) is 22.8 Å². The highest BCUT2D eigenvalue weighted by atomic mass is 19.4. The minimum Gasteiger partial charge on any atom is -0.457 e. The third-order valence-corrected chi connectivity index (χ3v) is 7.70. The molecule has 238 valence electrons. The van der Waals surface area contributed by atoms with Crippen LogP contribution in [0.3, 0.4) is 0 Å². The predicted molar refractivity (Wildman–Crippen MR) is 172 cm³/mol. The van der Waals surface area contributed by atoms with Crippen molar-refractivity contribution in [1.82, 2.24) is 10.3 Å². The molecule has 0 radical (unpaired) electrons. The Hall–Kier alpha value is -5.64. The Bertz CT molecular complexity index is 1910. The van der Waals surface area contributed by atoms with E-state index in [-0.39, 0.29) is 11.8 Å². The van der Waals surface area contributed by atoms with Gasteiger partial charge in [0.15, 0.2) is 0 Å². The maximum atomic E-state index is 13.3. The molecule has 10 heteroatoms. The van der Waals surface area contributed by atoms with E-state index in [0.29, 0.717) is 52.5 Å². The number of nitrogens with one attached hydrogen (secondary N) is 2. The topological polar surface area (TPSA) is 89.6 Å². The number of carbonyl (C=O) groups is 2. The highest BCUT2D eigenvalue weighted by Gasteiger charge is 2.38. The Morgan fingerprint density at radius 2 is 1.55 bits per heavy atom. The third-order valence-electron chi connectivity index (χ3n) is 7.70. The second-order valence-corrected chi connectivity index (χ2v) is 11.0. The van der Waals surface area contributed by atoms with Gasteiger partial charge in [0.1, 0.15) is 23.8 Å². The molecule has 0 bridgehead atoms. The fraction of sp³-hybridized carbons (Fsp3) is 0.162. The summed E-state index contributed by atoms with van der Waals surface area (Å²) in [6.07, 6.45) is -1.85. The average Bonchev–Trinajstić information content (AvgIpc) is 3.41. The van der Waals surface area contributed by atoms with Crippen molar-refractivity contribution in [3.63, 3.8) is 0 Å². The molecule has 47 heavy (non-hydrogen) atoms. The van der Waals surface area contributed by atoms with Gasteiger partial charge in [0.2, 0.25) is 11.8 Å². The first-order valence-corrected chi connectivity index (χ1v) is 15.1. The summed E-state index contributed by atoms with van der Waals surface area (Å²) in [6, 6.07) is 30.2. The SMILES string of the molecule is CCCc1c(Oc2ccc(NC(=O)c3ccccc3Oc3ccccc3)cn2)ccc2c1C(C(=O)NCC(F)(F)F)c1ccccc1-2. The van der Waals surface area contributed by atoms with Crippen LogP contribution >= 0.6 is 0 Å². The van der Waals surface area contributed by atoms with Crippen molar-refractivity contribution < 1.29 is 32.2 Å². The molecule has 1 heterocycles. The summed E-state index contributed by atoms with van der Waals surface area (Å²) in [6.45, 7) is 0.556. The number of amides is 2. The van der Waals surface area contributed by atoms with Crippen LogP contribution in [-0.4, -0.2) is 29.5 Å². The van der Waals surface area contributed by atoms with Crippen LogP contribution in [0.1, 0.15) is 46.3 Å². The Morgan fingerprint density at radius 1 is 0.809 bits per heavy atom. The van der Waals surface area contributed by atoms with E-state index in [1.165, 1.54) is 6.20 Å². The van der Waals surface area contributed by atoms with E-state index >= 15 is 0 Å². The van der Waals surface area contributed by atoms with Crippen LogP contribution in [0.4, 0.5) is 18.9 Å². The van der Waals surface area contributed by atoms with Gasteiger partial charge < -0.3 is 20.1 Å². The molecule has 1 aliphatic rings. The van der Waals surface area contributed by atoms with E-state index in [2.05, 4.69) is 15.6 Å². The van der Waals surface area contributed by atoms with Crippen molar-refractivity contribution >= 4 is 17.5 Å². The van der Waals surface area contributed by atoms with Crippen molar-refractivity contribution in [3.8, 4) is 34.3 Å². The largest absolute Gasteiger partial charge is 0.457 e. The summed E-state index contributed by atoms with van der Waals surface area (Å²) in [4.78, 5) is 30.8. The van der Waals surface area contributed by atoms with E-state index < -0.39 is 24.5 Å². The second kappa shape index (κ2) is 13.4. The number of hydrogen-bond donors (Lipinski definition) is 2. The maximum Gasteiger partial charge on any atom is 0.405 e. The summed E-state index contributed by atoms with van der Waals surface area (Å²) >= 11 is 0. The lowest BCUT2D eigenvalue weighted by atomic mass is 9.89. The first kappa shape index (κ1) is 31.3. The molecule has 1 aromatic heterocycles. The summed E-state index contributed by atoms with van der Waals surface area (Å²) in [5.74, 6) is -0.348. The van der Waals surface area contributed by atoms with Gasteiger partial charge in [0.05, 0.1) is 23.4 Å². The zero-order valence-corrected chi connectivity index (χ0v) is 25.3. The molecule has 1 aliphatic carbocycles. The average molecular weight is 638 g/mol. The highest BCUT2D eigenvalue weighted by Crippen LogP contribution is 2.49. The number of fused-ring (bicyclic) bond motifs is 3. The molecule has 2 N–H and O–H groups in total. The lowest BCUT2D eigenvalue weighted by Crippen LogP contribution is -2.37. The lowest BCUT2D eigenvalue weighted by molar-refractivity contribution is -0.138. The zero-order chi connectivity index (χ0) is 33.0. The van der Waals surface area contributed by atoms with Crippen molar-refractivity contribution in [3.05, 3.63) is 132 Å². The number of anilines is 1.